The van der Waals surface area contributed by atoms with E-state index in [1.165, 1.54) is 6.07 Å². The van der Waals surface area contributed by atoms with Gasteiger partial charge in [0, 0.05) is 0 Å². The van der Waals surface area contributed by atoms with Crippen LogP contribution in [0.1, 0.15) is 16.1 Å². The number of pyridine rings is 1. The van der Waals surface area contributed by atoms with Crippen LogP contribution in [-0.2, 0) is 0 Å². The Morgan fingerprint density at radius 3 is 2.75 bits per heavy atom. The number of carboxylic acid groups (broad SMARTS) is 1. The van der Waals surface area contributed by atoms with Crippen LogP contribution in [-0.4, -0.2) is 23.2 Å². The highest BCUT2D eigenvalue weighted by Crippen LogP contribution is 2.28. The number of anilines is 2. The Morgan fingerprint density at radius 1 is 1.35 bits per heavy atom. The average molecular weight is 293 g/mol. The number of nitrogens with one attached hydrogen (secondary N) is 1. The summed E-state index contributed by atoms with van der Waals surface area (Å²) in [5.41, 5.74) is 1.56. The van der Waals surface area contributed by atoms with E-state index >= 15 is 0 Å². The number of carboxylic acids is 1. The van der Waals surface area contributed by atoms with Crippen molar-refractivity contribution < 1.29 is 14.6 Å². The predicted octanol–water partition coefficient (Wildman–Crippen LogP) is 3.49. The molecule has 0 saturated carbocycles. The Bertz CT molecular complexity index is 659. The number of aromatic nitrogens is 1. The number of benzene rings is 1. The number of methoxy groups -OCH3 is 1. The molecule has 0 atom stereocenters. The summed E-state index contributed by atoms with van der Waals surface area (Å²) < 4.78 is 5.24. The molecule has 20 heavy (non-hydrogen) atoms. The molecule has 0 aliphatic heterocycles. The van der Waals surface area contributed by atoms with E-state index in [1.807, 2.05) is 25.1 Å². The van der Waals surface area contributed by atoms with Gasteiger partial charge in [-0.1, -0.05) is 17.7 Å². The zero-order chi connectivity index (χ0) is 14.7. The monoisotopic (exact) mass is 292 g/mol. The quantitative estimate of drug-likeness (QED) is 0.902. The number of rotatable bonds is 4. The van der Waals surface area contributed by atoms with Gasteiger partial charge >= 0.3 is 5.97 Å². The fourth-order valence-electron chi connectivity index (χ4n) is 1.72. The van der Waals surface area contributed by atoms with E-state index < -0.39 is 5.97 Å². The third-order valence-electron chi connectivity index (χ3n) is 2.67. The van der Waals surface area contributed by atoms with Crippen molar-refractivity contribution >= 4 is 29.1 Å². The van der Waals surface area contributed by atoms with Gasteiger partial charge in [0.25, 0.3) is 0 Å². The van der Waals surface area contributed by atoms with Crippen molar-refractivity contribution in [2.45, 2.75) is 6.92 Å². The molecule has 5 nitrogen and oxygen atoms in total. The van der Waals surface area contributed by atoms with Crippen molar-refractivity contribution in [3.63, 3.8) is 0 Å². The number of aryl methyl sites for hydroxylation is 1. The first-order valence-corrected chi connectivity index (χ1v) is 6.20. The van der Waals surface area contributed by atoms with Crippen LogP contribution in [0.15, 0.2) is 30.3 Å². The molecule has 0 unspecified atom stereocenters. The molecule has 0 aliphatic rings. The Morgan fingerprint density at radius 2 is 2.10 bits per heavy atom. The van der Waals surface area contributed by atoms with Gasteiger partial charge in [-0.05, 0) is 36.8 Å². The summed E-state index contributed by atoms with van der Waals surface area (Å²) in [5.74, 6) is -0.144. The summed E-state index contributed by atoms with van der Waals surface area (Å²) in [5, 5.41) is 12.1. The van der Waals surface area contributed by atoms with Gasteiger partial charge < -0.3 is 15.2 Å². The number of nitrogens with zero attached hydrogens (tertiary/aromatic N) is 1. The van der Waals surface area contributed by atoms with Crippen LogP contribution in [0.5, 0.6) is 5.75 Å². The first-order valence-electron chi connectivity index (χ1n) is 5.83. The first kappa shape index (κ1) is 14.1. The number of hydrogen-bond acceptors (Lipinski definition) is 4. The van der Waals surface area contributed by atoms with E-state index in [1.54, 1.807) is 13.2 Å². The summed E-state index contributed by atoms with van der Waals surface area (Å²) in [6.07, 6.45) is 0. The highest BCUT2D eigenvalue weighted by molar-refractivity contribution is 6.33. The topological polar surface area (TPSA) is 71.5 Å². The minimum Gasteiger partial charge on any atom is -0.495 e. The van der Waals surface area contributed by atoms with Gasteiger partial charge in [-0.15, -0.1) is 0 Å². The van der Waals surface area contributed by atoms with Gasteiger partial charge in [0.2, 0.25) is 0 Å². The molecular formula is C14H13ClN2O3. The Balaban J connectivity index is 2.37. The average Bonchev–Trinajstić information content (AvgIpc) is 2.41. The van der Waals surface area contributed by atoms with E-state index in [0.29, 0.717) is 17.3 Å². The van der Waals surface area contributed by atoms with E-state index in [2.05, 4.69) is 10.3 Å². The molecule has 0 amide bonds. The third-order valence-corrected chi connectivity index (χ3v) is 2.97. The maximum absolute atomic E-state index is 11.0. The second kappa shape index (κ2) is 5.79. The van der Waals surface area contributed by atoms with E-state index in [9.17, 15) is 4.79 Å². The third kappa shape index (κ3) is 3.00. The van der Waals surface area contributed by atoms with Crippen LogP contribution in [0.4, 0.5) is 11.5 Å². The Labute approximate surface area is 121 Å². The lowest BCUT2D eigenvalue weighted by Crippen LogP contribution is -2.04. The largest absolute Gasteiger partial charge is 0.495 e. The van der Waals surface area contributed by atoms with Crippen LogP contribution in [0.25, 0.3) is 0 Å². The fourth-order valence-corrected chi connectivity index (χ4v) is 1.91. The lowest BCUT2D eigenvalue weighted by Gasteiger charge is -2.12. The number of carbonyl (C=O) groups is 1. The van der Waals surface area contributed by atoms with Crippen molar-refractivity contribution in [2.75, 3.05) is 12.4 Å². The van der Waals surface area contributed by atoms with Crippen LogP contribution in [0.3, 0.4) is 0 Å². The second-order valence-corrected chi connectivity index (χ2v) is 4.57. The SMILES string of the molecule is COc1ccc(C)cc1Nc1ccc(Cl)c(C(=O)O)n1. The van der Waals surface area contributed by atoms with Crippen molar-refractivity contribution in [1.82, 2.24) is 4.98 Å². The molecule has 2 aromatic rings. The molecule has 0 spiro atoms. The highest BCUT2D eigenvalue weighted by Gasteiger charge is 2.12. The standard InChI is InChI=1S/C14H13ClN2O3/c1-8-3-5-11(20-2)10(7-8)16-12-6-4-9(15)13(17-12)14(18)19/h3-7H,1-2H3,(H,16,17)(H,18,19). The zero-order valence-electron chi connectivity index (χ0n) is 11.0. The zero-order valence-corrected chi connectivity index (χ0v) is 11.7. The van der Waals surface area contributed by atoms with Gasteiger partial charge in [-0.25, -0.2) is 9.78 Å². The Hall–Kier alpha value is -2.27. The number of halogens is 1. The van der Waals surface area contributed by atoms with Crippen LogP contribution in [0, 0.1) is 6.92 Å². The molecule has 0 bridgehead atoms. The van der Waals surface area contributed by atoms with Gasteiger partial charge in [-0.3, -0.25) is 0 Å². The van der Waals surface area contributed by atoms with E-state index in [-0.39, 0.29) is 10.7 Å². The highest BCUT2D eigenvalue weighted by atomic mass is 35.5. The number of ether oxygens (including phenoxy) is 1. The number of aromatic carboxylic acids is 1. The smallest absolute Gasteiger partial charge is 0.356 e. The predicted molar refractivity (Wildman–Crippen MR) is 77.2 cm³/mol. The molecule has 104 valence electrons. The minimum absolute atomic E-state index is 0.0965. The molecule has 0 fully saturated rings. The normalized spacial score (nSPS) is 10.2. The van der Waals surface area contributed by atoms with E-state index in [4.69, 9.17) is 21.4 Å². The van der Waals surface area contributed by atoms with Crippen molar-refractivity contribution in [3.05, 3.63) is 46.6 Å². The molecule has 0 saturated heterocycles. The van der Waals surface area contributed by atoms with Gasteiger partial charge in [-0.2, -0.15) is 0 Å². The molecule has 1 aromatic carbocycles. The molecule has 1 heterocycles. The minimum atomic E-state index is -1.17. The second-order valence-electron chi connectivity index (χ2n) is 4.16. The summed E-state index contributed by atoms with van der Waals surface area (Å²) in [4.78, 5) is 15.0. The molecule has 2 rings (SSSR count). The molecule has 1 aromatic heterocycles. The lowest BCUT2D eigenvalue weighted by molar-refractivity contribution is 0.0691. The van der Waals surface area contributed by atoms with Crippen molar-refractivity contribution in [2.24, 2.45) is 0 Å². The van der Waals surface area contributed by atoms with Crippen molar-refractivity contribution in [3.8, 4) is 5.75 Å². The maximum Gasteiger partial charge on any atom is 0.356 e. The maximum atomic E-state index is 11.0. The van der Waals surface area contributed by atoms with Crippen molar-refractivity contribution in [1.29, 1.82) is 0 Å². The summed E-state index contributed by atoms with van der Waals surface area (Å²) in [6.45, 7) is 1.95. The van der Waals surface area contributed by atoms with Crippen LogP contribution in [0.2, 0.25) is 5.02 Å². The number of hydrogen-bond donors (Lipinski definition) is 2. The molecule has 2 N–H and O–H groups in total. The fraction of sp³-hybridized carbons (Fsp3) is 0.143. The summed E-state index contributed by atoms with van der Waals surface area (Å²) >= 11 is 5.78. The van der Waals surface area contributed by atoms with Gasteiger partial charge in [0.1, 0.15) is 11.6 Å². The molecule has 6 heteroatoms. The molecule has 0 radical (unpaired) electrons. The molecular weight excluding hydrogens is 280 g/mol. The van der Waals surface area contributed by atoms with Gasteiger partial charge in [0.15, 0.2) is 5.69 Å². The summed E-state index contributed by atoms with van der Waals surface area (Å²) in [6, 6.07) is 8.72. The van der Waals surface area contributed by atoms with Crippen LogP contribution >= 0.6 is 11.6 Å². The Kier molecular flexibility index (Phi) is 4.10. The van der Waals surface area contributed by atoms with Gasteiger partial charge in [0.05, 0.1) is 17.8 Å². The lowest BCUT2D eigenvalue weighted by atomic mass is 10.2. The van der Waals surface area contributed by atoms with E-state index in [0.717, 1.165) is 5.56 Å². The first-order chi connectivity index (χ1) is 9.51. The molecule has 0 aliphatic carbocycles. The summed E-state index contributed by atoms with van der Waals surface area (Å²) in [7, 11) is 1.56. The van der Waals surface area contributed by atoms with Crippen LogP contribution < -0.4 is 10.1 Å².